The minimum atomic E-state index is -2.55. The highest BCUT2D eigenvalue weighted by Gasteiger charge is 2.34. The van der Waals surface area contributed by atoms with Crippen molar-refractivity contribution in [3.8, 4) is 0 Å². The van der Waals surface area contributed by atoms with Crippen LogP contribution in [-0.2, 0) is 11.3 Å². The molecule has 0 atom stereocenters. The second-order valence-corrected chi connectivity index (χ2v) is 5.58. The number of alkyl halides is 2. The molecule has 1 aromatic heterocycles. The van der Waals surface area contributed by atoms with Crippen LogP contribution in [0.3, 0.4) is 0 Å². The second-order valence-electron chi connectivity index (χ2n) is 5.14. The number of thiocarbonyl (C=S) groups is 1. The number of hydrogen-bond acceptors (Lipinski definition) is 5. The van der Waals surface area contributed by atoms with Gasteiger partial charge in [0.1, 0.15) is 10.8 Å². The number of halogens is 2. The quantitative estimate of drug-likeness (QED) is 0.812. The lowest BCUT2D eigenvalue weighted by atomic mass is 9.92. The largest absolute Gasteiger partial charge is 0.387 e. The summed E-state index contributed by atoms with van der Waals surface area (Å²) >= 11 is 4.88. The molecule has 0 spiro atoms. The molecular formula is C13H18F2N4OS. The molecule has 0 bridgehead atoms. The number of rotatable bonds is 5. The molecule has 0 amide bonds. The Morgan fingerprint density at radius 3 is 2.71 bits per heavy atom. The topological polar surface area (TPSA) is 73.1 Å². The Hall–Kier alpha value is -1.41. The summed E-state index contributed by atoms with van der Waals surface area (Å²) in [6.45, 7) is 0.301. The first kappa shape index (κ1) is 16.0. The van der Waals surface area contributed by atoms with Crippen LogP contribution in [0.4, 0.5) is 14.6 Å². The Kier molecular flexibility index (Phi) is 5.00. The molecule has 21 heavy (non-hydrogen) atoms. The summed E-state index contributed by atoms with van der Waals surface area (Å²) in [5, 5.41) is 3.16. The Bertz CT molecular complexity index is 517. The summed E-state index contributed by atoms with van der Waals surface area (Å²) < 4.78 is 31.3. The van der Waals surface area contributed by atoms with Crippen LogP contribution >= 0.6 is 12.2 Å². The first-order valence-corrected chi connectivity index (χ1v) is 7.11. The van der Waals surface area contributed by atoms with Crippen molar-refractivity contribution in [3.63, 3.8) is 0 Å². The van der Waals surface area contributed by atoms with Crippen molar-refractivity contribution in [3.05, 3.63) is 17.6 Å². The predicted octanol–water partition coefficient (Wildman–Crippen LogP) is 2.25. The van der Waals surface area contributed by atoms with Gasteiger partial charge < -0.3 is 15.8 Å². The zero-order valence-corrected chi connectivity index (χ0v) is 12.6. The normalized spacial score (nSPS) is 18.4. The van der Waals surface area contributed by atoms with Gasteiger partial charge in [0.05, 0.1) is 12.3 Å². The summed E-state index contributed by atoms with van der Waals surface area (Å²) in [6, 6.07) is 1.69. The van der Waals surface area contributed by atoms with Gasteiger partial charge in [-0.05, 0) is 12.8 Å². The van der Waals surface area contributed by atoms with E-state index in [-0.39, 0.29) is 29.7 Å². The van der Waals surface area contributed by atoms with Crippen LogP contribution in [0, 0.1) is 0 Å². The van der Waals surface area contributed by atoms with Gasteiger partial charge in [-0.1, -0.05) is 12.2 Å². The second kappa shape index (κ2) is 6.57. The van der Waals surface area contributed by atoms with Gasteiger partial charge in [-0.25, -0.2) is 18.7 Å². The van der Waals surface area contributed by atoms with Crippen molar-refractivity contribution >= 4 is 23.0 Å². The molecular weight excluding hydrogens is 298 g/mol. The minimum absolute atomic E-state index is 0.0332. The Balaban J connectivity index is 2.10. The maximum Gasteiger partial charge on any atom is 0.248 e. The lowest BCUT2D eigenvalue weighted by Gasteiger charge is -2.29. The molecule has 1 heterocycles. The summed E-state index contributed by atoms with van der Waals surface area (Å²) in [5.74, 6) is -1.76. The number of nitrogens with zero attached hydrogens (tertiary/aromatic N) is 2. The van der Waals surface area contributed by atoms with Gasteiger partial charge >= 0.3 is 0 Å². The number of ether oxygens (including phenoxy) is 1. The Morgan fingerprint density at radius 1 is 1.48 bits per heavy atom. The van der Waals surface area contributed by atoms with Crippen LogP contribution in [0.25, 0.3) is 0 Å². The van der Waals surface area contributed by atoms with Crippen LogP contribution < -0.4 is 11.1 Å². The lowest BCUT2D eigenvalue weighted by Crippen LogP contribution is -2.32. The Labute approximate surface area is 127 Å². The van der Waals surface area contributed by atoms with Gasteiger partial charge in [-0.2, -0.15) is 0 Å². The smallest absolute Gasteiger partial charge is 0.248 e. The third kappa shape index (κ3) is 4.53. The number of anilines is 1. The number of nitrogens with two attached hydrogens (primary N) is 1. The van der Waals surface area contributed by atoms with Crippen molar-refractivity contribution < 1.29 is 13.5 Å². The maximum absolute atomic E-state index is 13.1. The molecule has 0 unspecified atom stereocenters. The van der Waals surface area contributed by atoms with E-state index in [1.54, 1.807) is 13.2 Å². The predicted molar refractivity (Wildman–Crippen MR) is 79.5 cm³/mol. The molecule has 3 N–H and O–H groups in total. The van der Waals surface area contributed by atoms with E-state index in [0.29, 0.717) is 31.0 Å². The van der Waals surface area contributed by atoms with Crippen LogP contribution in [0.5, 0.6) is 0 Å². The zero-order valence-electron chi connectivity index (χ0n) is 11.7. The van der Waals surface area contributed by atoms with E-state index in [4.69, 9.17) is 22.7 Å². The molecule has 1 aromatic rings. The van der Waals surface area contributed by atoms with Crippen molar-refractivity contribution in [2.75, 3.05) is 12.4 Å². The van der Waals surface area contributed by atoms with Crippen molar-refractivity contribution in [1.29, 1.82) is 0 Å². The molecule has 8 heteroatoms. The molecule has 0 saturated heterocycles. The summed E-state index contributed by atoms with van der Waals surface area (Å²) in [6.07, 6.45) is 0.587. The standard InChI is InChI=1S/C13H18F2N4OS/c1-20-7-9-6-10(19-12(18-9)11(16)21)17-8-2-4-13(14,15)5-3-8/h6,8H,2-5,7H2,1H3,(H2,16,21)(H,17,18,19). The fourth-order valence-electron chi connectivity index (χ4n) is 2.30. The number of nitrogens with one attached hydrogen (secondary N) is 1. The fraction of sp³-hybridized carbons (Fsp3) is 0.615. The van der Waals surface area contributed by atoms with Gasteiger partial charge in [0.2, 0.25) is 5.92 Å². The molecule has 0 radical (unpaired) electrons. The summed E-state index contributed by atoms with van der Waals surface area (Å²) in [4.78, 5) is 8.48. The van der Waals surface area contributed by atoms with Gasteiger partial charge in [0, 0.05) is 32.1 Å². The highest BCUT2D eigenvalue weighted by molar-refractivity contribution is 7.80. The maximum atomic E-state index is 13.1. The lowest BCUT2D eigenvalue weighted by molar-refractivity contribution is -0.0361. The highest BCUT2D eigenvalue weighted by Crippen LogP contribution is 2.34. The average Bonchev–Trinajstić information content (AvgIpc) is 2.41. The first-order chi connectivity index (χ1) is 9.89. The zero-order chi connectivity index (χ0) is 15.5. The third-order valence-electron chi connectivity index (χ3n) is 3.36. The van der Waals surface area contributed by atoms with Crippen LogP contribution in [0.15, 0.2) is 6.07 Å². The fourth-order valence-corrected chi connectivity index (χ4v) is 2.39. The summed E-state index contributed by atoms with van der Waals surface area (Å²) in [5.41, 5.74) is 6.19. The molecule has 0 aliphatic heterocycles. The molecule has 1 fully saturated rings. The van der Waals surface area contributed by atoms with Gasteiger partial charge in [-0.15, -0.1) is 0 Å². The Morgan fingerprint density at radius 2 is 2.14 bits per heavy atom. The highest BCUT2D eigenvalue weighted by atomic mass is 32.1. The van der Waals surface area contributed by atoms with E-state index in [2.05, 4.69) is 15.3 Å². The third-order valence-corrected chi connectivity index (χ3v) is 3.54. The number of aromatic nitrogens is 2. The van der Waals surface area contributed by atoms with Gasteiger partial charge in [-0.3, -0.25) is 0 Å². The SMILES string of the molecule is COCc1cc(NC2CCC(F)(F)CC2)nc(C(N)=S)n1. The average molecular weight is 316 g/mol. The van der Waals surface area contributed by atoms with Crippen LogP contribution in [-0.4, -0.2) is 34.0 Å². The van der Waals surface area contributed by atoms with Gasteiger partial charge in [0.25, 0.3) is 0 Å². The molecule has 5 nitrogen and oxygen atoms in total. The van der Waals surface area contributed by atoms with E-state index in [9.17, 15) is 8.78 Å². The van der Waals surface area contributed by atoms with Crippen molar-refractivity contribution in [2.45, 2.75) is 44.3 Å². The van der Waals surface area contributed by atoms with Crippen LogP contribution in [0.1, 0.15) is 37.2 Å². The minimum Gasteiger partial charge on any atom is -0.387 e. The van der Waals surface area contributed by atoms with E-state index >= 15 is 0 Å². The number of methoxy groups -OCH3 is 1. The molecule has 1 aliphatic carbocycles. The number of hydrogen-bond donors (Lipinski definition) is 2. The van der Waals surface area contributed by atoms with E-state index in [1.165, 1.54) is 0 Å². The first-order valence-electron chi connectivity index (χ1n) is 6.71. The monoisotopic (exact) mass is 316 g/mol. The summed E-state index contributed by atoms with van der Waals surface area (Å²) in [7, 11) is 1.55. The molecule has 116 valence electrons. The van der Waals surface area contributed by atoms with E-state index in [1.807, 2.05) is 0 Å². The molecule has 1 saturated carbocycles. The van der Waals surface area contributed by atoms with Gasteiger partial charge in [0.15, 0.2) is 5.82 Å². The van der Waals surface area contributed by atoms with Crippen molar-refractivity contribution in [1.82, 2.24) is 9.97 Å². The van der Waals surface area contributed by atoms with Crippen molar-refractivity contribution in [2.24, 2.45) is 5.73 Å². The van der Waals surface area contributed by atoms with E-state index in [0.717, 1.165) is 0 Å². The molecule has 0 aromatic carbocycles. The molecule has 1 aliphatic rings. The van der Waals surface area contributed by atoms with Crippen LogP contribution in [0.2, 0.25) is 0 Å². The van der Waals surface area contributed by atoms with E-state index < -0.39 is 5.92 Å². The molecule has 2 rings (SSSR count).